The molecule has 1 aromatic heterocycles. The monoisotopic (exact) mass is 260 g/mol. The predicted molar refractivity (Wildman–Crippen MR) is 57.3 cm³/mol. The molecular formula is C9H12N2O5S. The predicted octanol–water partition coefficient (Wildman–Crippen LogP) is -0.0562. The Kier molecular flexibility index (Phi) is 2.94. The van der Waals surface area contributed by atoms with Gasteiger partial charge in [-0.3, -0.25) is 4.79 Å². The highest BCUT2D eigenvalue weighted by molar-refractivity contribution is 7.87. The summed E-state index contributed by atoms with van der Waals surface area (Å²) in [4.78, 5) is 11.0. The second kappa shape index (κ2) is 4.13. The normalized spacial score (nSPS) is 29.0. The molecule has 0 radical (unpaired) electrons. The summed E-state index contributed by atoms with van der Waals surface area (Å²) in [5, 5.41) is 8.99. The van der Waals surface area contributed by atoms with Crippen LogP contribution in [0, 0.1) is 0 Å². The summed E-state index contributed by atoms with van der Waals surface area (Å²) >= 11 is 0. The van der Waals surface area contributed by atoms with Crippen LogP contribution in [0.1, 0.15) is 18.2 Å². The average molecular weight is 260 g/mol. The zero-order chi connectivity index (χ0) is 12.6. The van der Waals surface area contributed by atoms with Crippen molar-refractivity contribution in [3.63, 3.8) is 0 Å². The van der Waals surface area contributed by atoms with E-state index in [9.17, 15) is 13.2 Å². The van der Waals surface area contributed by atoms with Crippen LogP contribution in [0.3, 0.4) is 0 Å². The average Bonchev–Trinajstić information content (AvgIpc) is 2.74. The molecule has 1 fully saturated rings. The van der Waals surface area contributed by atoms with E-state index in [2.05, 4.69) is 4.72 Å². The molecule has 0 bridgehead atoms. The topological polar surface area (TPSA) is 99.8 Å². The lowest BCUT2D eigenvalue weighted by molar-refractivity contribution is -0.141. The van der Waals surface area contributed by atoms with Gasteiger partial charge in [-0.05, 0) is 18.6 Å². The third-order valence-electron chi connectivity index (χ3n) is 2.74. The standard InChI is InChI=1S/C9H12N2O5S/c1-11-7(9(12)13)5-6(10-17(11,14)15)8-3-2-4-16-8/h2-4,6-7,10H,5H2,1H3,(H,12,13). The lowest BCUT2D eigenvalue weighted by atomic mass is 10.1. The second-order valence-electron chi connectivity index (χ2n) is 3.80. The van der Waals surface area contributed by atoms with Crippen molar-refractivity contribution in [1.82, 2.24) is 9.03 Å². The van der Waals surface area contributed by atoms with E-state index in [0.29, 0.717) is 5.76 Å². The summed E-state index contributed by atoms with van der Waals surface area (Å²) < 4.78 is 31.7. The SMILES string of the molecule is CN1C(C(=O)O)CC(c2ccco2)NS1(=O)=O. The molecule has 2 unspecified atom stereocenters. The Morgan fingerprint density at radius 1 is 1.65 bits per heavy atom. The summed E-state index contributed by atoms with van der Waals surface area (Å²) in [5.74, 6) is -0.762. The zero-order valence-corrected chi connectivity index (χ0v) is 9.85. The van der Waals surface area contributed by atoms with Gasteiger partial charge in [-0.15, -0.1) is 0 Å². The first-order chi connectivity index (χ1) is 7.92. The second-order valence-corrected chi connectivity index (χ2v) is 5.56. The van der Waals surface area contributed by atoms with E-state index in [1.165, 1.54) is 13.3 Å². The number of likely N-dealkylation sites (N-methyl/N-ethyl adjacent to an activating group) is 1. The van der Waals surface area contributed by atoms with Crippen molar-refractivity contribution >= 4 is 16.2 Å². The van der Waals surface area contributed by atoms with Crippen molar-refractivity contribution in [3.8, 4) is 0 Å². The van der Waals surface area contributed by atoms with Crippen LogP contribution < -0.4 is 4.72 Å². The van der Waals surface area contributed by atoms with Gasteiger partial charge in [0.2, 0.25) is 0 Å². The highest BCUT2D eigenvalue weighted by Crippen LogP contribution is 2.27. The zero-order valence-electron chi connectivity index (χ0n) is 9.03. The highest BCUT2D eigenvalue weighted by Gasteiger charge is 2.41. The Balaban J connectivity index is 2.32. The van der Waals surface area contributed by atoms with Gasteiger partial charge in [-0.25, -0.2) is 0 Å². The first-order valence-corrected chi connectivity index (χ1v) is 6.37. The quantitative estimate of drug-likeness (QED) is 0.776. The molecule has 0 saturated carbocycles. The number of nitrogens with zero attached hydrogens (tertiary/aromatic N) is 1. The minimum atomic E-state index is -3.79. The fourth-order valence-corrected chi connectivity index (χ4v) is 3.02. The maximum atomic E-state index is 11.7. The Morgan fingerprint density at radius 2 is 2.35 bits per heavy atom. The summed E-state index contributed by atoms with van der Waals surface area (Å²) in [6.45, 7) is 0. The number of aliphatic carboxylic acids is 1. The van der Waals surface area contributed by atoms with Gasteiger partial charge in [0.15, 0.2) is 0 Å². The molecule has 7 nitrogen and oxygen atoms in total. The van der Waals surface area contributed by atoms with Crippen LogP contribution >= 0.6 is 0 Å². The van der Waals surface area contributed by atoms with E-state index in [1.54, 1.807) is 12.1 Å². The van der Waals surface area contributed by atoms with Crippen LogP contribution in [0.25, 0.3) is 0 Å². The molecule has 0 spiro atoms. The van der Waals surface area contributed by atoms with Crippen LogP contribution in [0.4, 0.5) is 0 Å². The smallest absolute Gasteiger partial charge is 0.322 e. The van der Waals surface area contributed by atoms with Gasteiger partial charge in [0, 0.05) is 7.05 Å². The minimum absolute atomic E-state index is 0.124. The number of hydrogen-bond donors (Lipinski definition) is 2. The molecule has 8 heteroatoms. The van der Waals surface area contributed by atoms with Crippen LogP contribution in [-0.2, 0) is 15.0 Å². The van der Waals surface area contributed by atoms with Crippen molar-refractivity contribution in [3.05, 3.63) is 24.2 Å². The Labute approximate surface area is 98.2 Å². The van der Waals surface area contributed by atoms with E-state index in [-0.39, 0.29) is 6.42 Å². The molecule has 0 aliphatic carbocycles. The maximum Gasteiger partial charge on any atom is 0.322 e. The van der Waals surface area contributed by atoms with Gasteiger partial charge >= 0.3 is 5.97 Å². The van der Waals surface area contributed by atoms with Gasteiger partial charge in [0.1, 0.15) is 11.8 Å². The fourth-order valence-electron chi connectivity index (χ4n) is 1.77. The van der Waals surface area contributed by atoms with Gasteiger partial charge < -0.3 is 9.52 Å². The van der Waals surface area contributed by atoms with E-state index in [4.69, 9.17) is 9.52 Å². The third kappa shape index (κ3) is 2.19. The Hall–Kier alpha value is -1.38. The molecule has 94 valence electrons. The van der Waals surface area contributed by atoms with Crippen molar-refractivity contribution < 1.29 is 22.7 Å². The molecule has 2 heterocycles. The van der Waals surface area contributed by atoms with E-state index < -0.39 is 28.3 Å². The molecular weight excluding hydrogens is 248 g/mol. The third-order valence-corrected chi connectivity index (χ3v) is 4.33. The van der Waals surface area contributed by atoms with Gasteiger partial charge in [0.05, 0.1) is 12.3 Å². The molecule has 0 amide bonds. The molecule has 1 aliphatic rings. The van der Waals surface area contributed by atoms with E-state index in [0.717, 1.165) is 4.31 Å². The van der Waals surface area contributed by atoms with Crippen molar-refractivity contribution in [2.24, 2.45) is 0 Å². The number of carbonyl (C=O) groups is 1. The Bertz CT molecular complexity index is 509. The number of carboxylic acid groups (broad SMARTS) is 1. The fraction of sp³-hybridized carbons (Fsp3) is 0.444. The van der Waals surface area contributed by atoms with Crippen LogP contribution in [0.5, 0.6) is 0 Å². The number of rotatable bonds is 2. The lowest BCUT2D eigenvalue weighted by Gasteiger charge is -2.33. The number of carboxylic acids is 1. The number of nitrogens with one attached hydrogen (secondary N) is 1. The molecule has 2 N–H and O–H groups in total. The van der Waals surface area contributed by atoms with Crippen LogP contribution in [0.15, 0.2) is 22.8 Å². The first kappa shape index (κ1) is 12.1. The van der Waals surface area contributed by atoms with Gasteiger partial charge in [-0.1, -0.05) is 0 Å². The summed E-state index contributed by atoms with van der Waals surface area (Å²) in [6.07, 6.45) is 1.54. The molecule has 1 aliphatic heterocycles. The summed E-state index contributed by atoms with van der Waals surface area (Å²) in [5.41, 5.74) is 0. The van der Waals surface area contributed by atoms with E-state index >= 15 is 0 Å². The van der Waals surface area contributed by atoms with Crippen LogP contribution in [-0.4, -0.2) is 36.9 Å². The molecule has 1 saturated heterocycles. The van der Waals surface area contributed by atoms with Crippen molar-refractivity contribution in [1.29, 1.82) is 0 Å². The number of furan rings is 1. The van der Waals surface area contributed by atoms with E-state index in [1.807, 2.05) is 0 Å². The molecule has 2 rings (SSSR count). The maximum absolute atomic E-state index is 11.7. The van der Waals surface area contributed by atoms with Gasteiger partial charge in [-0.2, -0.15) is 17.4 Å². The molecule has 1 aromatic rings. The summed E-state index contributed by atoms with van der Waals surface area (Å²) in [7, 11) is -2.55. The molecule has 17 heavy (non-hydrogen) atoms. The molecule has 2 atom stereocenters. The Morgan fingerprint density at radius 3 is 2.88 bits per heavy atom. The molecule has 0 aromatic carbocycles. The summed E-state index contributed by atoms with van der Waals surface area (Å²) in [6, 6.07) is 1.50. The highest BCUT2D eigenvalue weighted by atomic mass is 32.2. The lowest BCUT2D eigenvalue weighted by Crippen LogP contribution is -2.54. The largest absolute Gasteiger partial charge is 0.480 e. The minimum Gasteiger partial charge on any atom is -0.480 e. The first-order valence-electron chi connectivity index (χ1n) is 4.93. The van der Waals surface area contributed by atoms with Gasteiger partial charge in [0.25, 0.3) is 10.2 Å². The van der Waals surface area contributed by atoms with Crippen molar-refractivity contribution in [2.75, 3.05) is 7.05 Å². The van der Waals surface area contributed by atoms with Crippen LogP contribution in [0.2, 0.25) is 0 Å². The number of hydrogen-bond acceptors (Lipinski definition) is 4. The van der Waals surface area contributed by atoms with Crippen molar-refractivity contribution in [2.45, 2.75) is 18.5 Å².